The number of benzene rings is 1. The van der Waals surface area contributed by atoms with E-state index in [1.807, 2.05) is 6.07 Å². The van der Waals surface area contributed by atoms with Gasteiger partial charge in [-0.05, 0) is 49.2 Å². The average Bonchev–Trinajstić information content (AvgIpc) is 3.85. The van der Waals surface area contributed by atoms with Crippen LogP contribution in [0.2, 0.25) is 0 Å². The van der Waals surface area contributed by atoms with Crippen molar-refractivity contribution in [2.45, 2.75) is 18.9 Å². The number of carbonyl (C=O) groups is 2. The fraction of sp³-hybridized carbons (Fsp3) is 0.303. The number of ether oxygens (including phenoxy) is 1. The molecule has 2 N–H and O–H groups in total. The number of nitrogens with one attached hydrogen (secondary N) is 2. The van der Waals surface area contributed by atoms with Crippen molar-refractivity contribution in [3.63, 3.8) is 0 Å². The molecule has 1 saturated heterocycles. The predicted octanol–water partition coefficient (Wildman–Crippen LogP) is 5.66. The molecule has 2 aliphatic rings. The lowest BCUT2D eigenvalue weighted by Crippen LogP contribution is -2.49. The Balaban J connectivity index is 1.26. The number of aromatic nitrogens is 3. The zero-order valence-electron chi connectivity index (χ0n) is 26.1. The summed E-state index contributed by atoms with van der Waals surface area (Å²) < 4.78 is 47.4. The van der Waals surface area contributed by atoms with E-state index in [9.17, 15) is 22.8 Å². The van der Waals surface area contributed by atoms with Crippen molar-refractivity contribution in [1.29, 1.82) is 0 Å². The van der Waals surface area contributed by atoms with Gasteiger partial charge < -0.3 is 30.1 Å². The van der Waals surface area contributed by atoms with Gasteiger partial charge >= 0.3 is 0 Å². The fourth-order valence-electron chi connectivity index (χ4n) is 5.48. The number of para-hydroxylation sites is 1. The number of hydrogen-bond acceptors (Lipinski definition) is 10. The van der Waals surface area contributed by atoms with Crippen LogP contribution in [-0.4, -0.2) is 84.2 Å². The van der Waals surface area contributed by atoms with Gasteiger partial charge in [-0.15, -0.1) is 0 Å². The summed E-state index contributed by atoms with van der Waals surface area (Å²) in [5, 5.41) is 5.63. The summed E-state index contributed by atoms with van der Waals surface area (Å²) in [6.07, 6.45) is 6.24. The Labute approximate surface area is 279 Å². The number of anilines is 5. The second kappa shape index (κ2) is 14.3. The van der Waals surface area contributed by atoms with Crippen molar-refractivity contribution in [3.8, 4) is 17.0 Å². The van der Waals surface area contributed by atoms with Gasteiger partial charge in [0.05, 0.1) is 24.7 Å². The minimum absolute atomic E-state index is 0.111. The number of thiazole rings is 1. The van der Waals surface area contributed by atoms with Gasteiger partial charge in [0.1, 0.15) is 28.9 Å². The number of nitrogens with zero attached hydrogens (tertiary/aromatic N) is 6. The maximum Gasteiger partial charge on any atom is 0.267 e. The largest absolute Gasteiger partial charge is 0.493 e. The molecule has 1 saturated carbocycles. The maximum atomic E-state index is 14.1. The molecule has 11 nitrogen and oxygen atoms in total. The first-order valence-electron chi connectivity index (χ1n) is 15.3. The summed E-state index contributed by atoms with van der Waals surface area (Å²) in [4.78, 5) is 44.8. The summed E-state index contributed by atoms with van der Waals surface area (Å²) in [7, 11) is 1.49. The second-order valence-electron chi connectivity index (χ2n) is 11.1. The number of amides is 2. The topological polar surface area (TPSA) is 116 Å². The number of methoxy groups -OCH3 is 1. The van der Waals surface area contributed by atoms with E-state index >= 15 is 0 Å². The van der Waals surface area contributed by atoms with E-state index in [0.29, 0.717) is 54.1 Å². The molecular weight excluding hydrogens is 645 g/mol. The van der Waals surface area contributed by atoms with Crippen LogP contribution in [0.15, 0.2) is 61.4 Å². The van der Waals surface area contributed by atoms with Crippen LogP contribution < -0.4 is 25.2 Å². The number of halogens is 3. The number of pyridine rings is 2. The third-order valence-corrected chi connectivity index (χ3v) is 8.98. The highest BCUT2D eigenvalue weighted by Crippen LogP contribution is 2.39. The lowest BCUT2D eigenvalue weighted by atomic mass is 10.1. The van der Waals surface area contributed by atoms with Gasteiger partial charge in [0.25, 0.3) is 5.91 Å². The van der Waals surface area contributed by atoms with Crippen molar-refractivity contribution in [2.24, 2.45) is 0 Å². The molecule has 0 spiro atoms. The molecule has 250 valence electrons. The predicted molar refractivity (Wildman–Crippen MR) is 179 cm³/mol. The summed E-state index contributed by atoms with van der Waals surface area (Å²) in [6.45, 7) is 5.49. The normalized spacial score (nSPS) is 14.4. The average molecular weight is 679 g/mol. The lowest BCUT2D eigenvalue weighted by Gasteiger charge is -2.37. The SMILES string of the molecule is C=CC(=O)N1CCN(c2ncc(-c3ccc(OC)c(Nc4ncc(C(=O)Nc5c(F)cccc5F)s4)n3)cc2N(CCF)C2CC2)CC1. The second-order valence-corrected chi connectivity index (χ2v) is 12.2. The maximum absolute atomic E-state index is 14.1. The summed E-state index contributed by atoms with van der Waals surface area (Å²) >= 11 is 0.966. The Bertz CT molecular complexity index is 1810. The minimum Gasteiger partial charge on any atom is -0.493 e. The summed E-state index contributed by atoms with van der Waals surface area (Å²) in [5.74, 6) is -1.18. The van der Waals surface area contributed by atoms with Crippen LogP contribution in [0.1, 0.15) is 22.5 Å². The number of rotatable bonds is 12. The van der Waals surface area contributed by atoms with Crippen LogP contribution in [0.5, 0.6) is 5.75 Å². The van der Waals surface area contributed by atoms with E-state index < -0.39 is 29.9 Å². The lowest BCUT2D eigenvalue weighted by molar-refractivity contribution is -0.126. The third-order valence-electron chi connectivity index (χ3n) is 8.07. The molecule has 4 heterocycles. The van der Waals surface area contributed by atoms with Crippen LogP contribution in [-0.2, 0) is 4.79 Å². The minimum atomic E-state index is -0.893. The zero-order chi connectivity index (χ0) is 33.8. The number of carbonyl (C=O) groups excluding carboxylic acids is 2. The van der Waals surface area contributed by atoms with Gasteiger partial charge in [0, 0.05) is 50.5 Å². The standard InChI is InChI=1S/C33H33F3N8O3S/c1-3-28(45)42-13-15-43(16-14-42)31-25(44(12-11-34)21-7-8-21)17-20(18-37-31)24-9-10-26(47-2)30(39-24)41-33-38-19-27(48-33)32(46)40-29-22(35)5-4-6-23(29)36/h3-6,9-10,17-19,21H,1,7-8,11-16H2,2H3,(H,40,46)(H,38,39,41). The van der Waals surface area contributed by atoms with Crippen molar-refractivity contribution < 1.29 is 27.5 Å². The van der Waals surface area contributed by atoms with E-state index in [4.69, 9.17) is 14.7 Å². The molecule has 0 atom stereocenters. The van der Waals surface area contributed by atoms with Gasteiger partial charge in [-0.3, -0.25) is 9.59 Å². The Morgan fingerprint density at radius 1 is 1.10 bits per heavy atom. The Morgan fingerprint density at radius 3 is 2.52 bits per heavy atom. The molecule has 15 heteroatoms. The smallest absolute Gasteiger partial charge is 0.267 e. The highest BCUT2D eigenvalue weighted by atomic mass is 32.1. The van der Waals surface area contributed by atoms with E-state index in [0.717, 1.165) is 47.8 Å². The van der Waals surface area contributed by atoms with Gasteiger partial charge in [0.15, 0.2) is 22.5 Å². The van der Waals surface area contributed by atoms with E-state index in [1.165, 1.54) is 25.4 Å². The molecule has 1 aliphatic heterocycles. The Kier molecular flexibility index (Phi) is 9.75. The van der Waals surface area contributed by atoms with Crippen LogP contribution in [0, 0.1) is 11.6 Å². The molecule has 3 aromatic heterocycles. The van der Waals surface area contributed by atoms with Crippen LogP contribution >= 0.6 is 11.3 Å². The fourth-order valence-corrected chi connectivity index (χ4v) is 6.19. The zero-order valence-corrected chi connectivity index (χ0v) is 26.9. The molecule has 48 heavy (non-hydrogen) atoms. The Hall–Kier alpha value is -5.18. The number of hydrogen-bond donors (Lipinski definition) is 2. The first-order chi connectivity index (χ1) is 23.3. The van der Waals surface area contributed by atoms with Gasteiger partial charge in [-0.25, -0.2) is 28.1 Å². The van der Waals surface area contributed by atoms with Gasteiger partial charge in [-0.2, -0.15) is 0 Å². The highest BCUT2D eigenvalue weighted by Gasteiger charge is 2.33. The van der Waals surface area contributed by atoms with Crippen LogP contribution in [0.4, 0.5) is 41.3 Å². The van der Waals surface area contributed by atoms with Gasteiger partial charge in [-0.1, -0.05) is 24.0 Å². The van der Waals surface area contributed by atoms with Crippen LogP contribution in [0.3, 0.4) is 0 Å². The first kappa shape index (κ1) is 32.7. The summed E-state index contributed by atoms with van der Waals surface area (Å²) in [6, 6.07) is 9.00. The number of alkyl halides is 1. The third kappa shape index (κ3) is 7.05. The van der Waals surface area contributed by atoms with E-state index in [1.54, 1.807) is 23.2 Å². The molecular formula is C33H33F3N8O3S. The molecule has 0 bridgehead atoms. The molecule has 4 aromatic rings. The quantitative estimate of drug-likeness (QED) is 0.183. The Morgan fingerprint density at radius 2 is 1.85 bits per heavy atom. The van der Waals surface area contributed by atoms with Crippen molar-refractivity contribution >= 4 is 51.3 Å². The molecule has 2 amide bonds. The van der Waals surface area contributed by atoms with Gasteiger partial charge in [0.2, 0.25) is 5.91 Å². The molecule has 0 radical (unpaired) electrons. The van der Waals surface area contributed by atoms with E-state index in [2.05, 4.69) is 32.0 Å². The monoisotopic (exact) mass is 678 g/mol. The number of piperazine rings is 1. The van der Waals surface area contributed by atoms with Crippen molar-refractivity contribution in [2.75, 3.05) is 66.9 Å². The van der Waals surface area contributed by atoms with E-state index in [-0.39, 0.29) is 23.4 Å². The van der Waals surface area contributed by atoms with Crippen molar-refractivity contribution in [3.05, 3.63) is 78.0 Å². The molecule has 6 rings (SSSR count). The van der Waals surface area contributed by atoms with Crippen molar-refractivity contribution in [1.82, 2.24) is 19.9 Å². The van der Waals surface area contributed by atoms with Crippen LogP contribution in [0.25, 0.3) is 11.3 Å². The highest BCUT2D eigenvalue weighted by molar-refractivity contribution is 7.17. The molecule has 1 aromatic carbocycles. The molecule has 0 unspecified atom stereocenters. The summed E-state index contributed by atoms with van der Waals surface area (Å²) in [5.41, 5.74) is 1.50. The molecule has 2 fully saturated rings. The molecule has 1 aliphatic carbocycles. The first-order valence-corrected chi connectivity index (χ1v) is 16.1.